The van der Waals surface area contributed by atoms with Crippen molar-refractivity contribution in [3.63, 3.8) is 0 Å². The van der Waals surface area contributed by atoms with Gasteiger partial charge < -0.3 is 0 Å². The van der Waals surface area contributed by atoms with E-state index in [9.17, 15) is 13.2 Å². The summed E-state index contributed by atoms with van der Waals surface area (Å²) in [7, 11) is 0. The van der Waals surface area contributed by atoms with E-state index < -0.39 is 11.7 Å². The zero-order chi connectivity index (χ0) is 11.7. The first-order chi connectivity index (χ1) is 6.68. The van der Waals surface area contributed by atoms with Crippen molar-refractivity contribution < 1.29 is 13.2 Å². The lowest BCUT2D eigenvalue weighted by Crippen LogP contribution is -2.09. The summed E-state index contributed by atoms with van der Waals surface area (Å²) in [6.07, 6.45) is -1.29. The van der Waals surface area contributed by atoms with Gasteiger partial charge in [-0.1, -0.05) is 39.0 Å². The molecular weight excluding hydrogens is 201 g/mol. The van der Waals surface area contributed by atoms with Crippen LogP contribution in [0.4, 0.5) is 13.2 Å². The van der Waals surface area contributed by atoms with Crippen molar-refractivity contribution in [1.29, 1.82) is 0 Å². The van der Waals surface area contributed by atoms with Crippen LogP contribution in [-0.4, -0.2) is 0 Å². The summed E-state index contributed by atoms with van der Waals surface area (Å²) in [4.78, 5) is 0. The fourth-order valence-electron chi connectivity index (χ4n) is 1.21. The number of rotatable bonds is 1. The Hall–Kier alpha value is -0.990. The molecule has 0 aromatic heterocycles. The van der Waals surface area contributed by atoms with E-state index in [-0.39, 0.29) is 5.41 Å². The third-order valence-corrected chi connectivity index (χ3v) is 1.71. The molecule has 1 aromatic carbocycles. The molecule has 0 saturated heterocycles. The Kier molecular flexibility index (Phi) is 3.12. The first kappa shape index (κ1) is 12.1. The highest BCUT2D eigenvalue weighted by atomic mass is 19.4. The van der Waals surface area contributed by atoms with Crippen LogP contribution >= 0.6 is 0 Å². The van der Waals surface area contributed by atoms with Crippen LogP contribution in [0, 0.1) is 11.8 Å². The molecule has 0 bridgehead atoms. The van der Waals surface area contributed by atoms with Gasteiger partial charge in [-0.25, -0.2) is 0 Å². The lowest BCUT2D eigenvalue weighted by atomic mass is 9.88. The summed E-state index contributed by atoms with van der Waals surface area (Å²) >= 11 is 0. The molecule has 15 heavy (non-hydrogen) atoms. The molecule has 0 aliphatic rings. The molecule has 0 N–H and O–H groups in total. The molecule has 0 saturated carbocycles. The zero-order valence-corrected chi connectivity index (χ0v) is 8.94. The van der Waals surface area contributed by atoms with Crippen LogP contribution in [0.3, 0.4) is 0 Å². The van der Waals surface area contributed by atoms with Crippen LogP contribution in [0.5, 0.6) is 0 Å². The van der Waals surface area contributed by atoms with Crippen molar-refractivity contribution in [2.24, 2.45) is 5.41 Å². The second-order valence-corrected chi connectivity index (χ2v) is 4.45. The normalized spacial score (nSPS) is 12.9. The van der Waals surface area contributed by atoms with Crippen molar-refractivity contribution in [1.82, 2.24) is 0 Å². The van der Waals surface area contributed by atoms with Crippen molar-refractivity contribution in [3.05, 3.63) is 41.8 Å². The summed E-state index contributed by atoms with van der Waals surface area (Å²) in [5.41, 5.74) is -0.390. The standard InChI is InChI=1S/C12H13F3/c1-11(2,3)8-9-5-4-6-10(7-9)12(13,14)15/h4-7H,1-3H3. The maximum atomic E-state index is 12.4. The third kappa shape index (κ3) is 3.94. The summed E-state index contributed by atoms with van der Waals surface area (Å²) in [6.45, 7) is 5.69. The molecule has 0 aliphatic carbocycles. The Morgan fingerprint density at radius 1 is 1.07 bits per heavy atom. The fraction of sp³-hybridized carbons (Fsp3) is 0.417. The summed E-state index contributed by atoms with van der Waals surface area (Å²) in [6, 6.07) is 5.20. The van der Waals surface area contributed by atoms with Gasteiger partial charge in [0, 0.05) is 6.42 Å². The van der Waals surface area contributed by atoms with Gasteiger partial charge in [0.2, 0.25) is 0 Å². The molecule has 1 rings (SSSR count). The van der Waals surface area contributed by atoms with Crippen LogP contribution in [0.25, 0.3) is 0 Å². The van der Waals surface area contributed by atoms with Gasteiger partial charge in [-0.15, -0.1) is 0 Å². The smallest absolute Gasteiger partial charge is 0.166 e. The Morgan fingerprint density at radius 2 is 1.67 bits per heavy atom. The molecule has 82 valence electrons. The minimum atomic E-state index is -4.28. The van der Waals surface area contributed by atoms with Gasteiger partial charge in [0.25, 0.3) is 0 Å². The van der Waals surface area contributed by atoms with Gasteiger partial charge >= 0.3 is 6.18 Å². The number of alkyl halides is 3. The van der Waals surface area contributed by atoms with Crippen LogP contribution in [0.15, 0.2) is 24.3 Å². The van der Waals surface area contributed by atoms with Crippen LogP contribution in [0.1, 0.15) is 31.9 Å². The van der Waals surface area contributed by atoms with E-state index >= 15 is 0 Å². The molecule has 0 heterocycles. The van der Waals surface area contributed by atoms with E-state index in [2.05, 4.69) is 6.42 Å². The molecule has 3 heteroatoms. The van der Waals surface area contributed by atoms with E-state index in [1.165, 1.54) is 6.07 Å². The number of hydrogen-bond donors (Lipinski definition) is 0. The highest BCUT2D eigenvalue weighted by molar-refractivity contribution is 5.31. The summed E-state index contributed by atoms with van der Waals surface area (Å²) < 4.78 is 37.1. The highest BCUT2D eigenvalue weighted by Crippen LogP contribution is 2.31. The van der Waals surface area contributed by atoms with Gasteiger partial charge in [-0.2, -0.15) is 13.2 Å². The summed E-state index contributed by atoms with van der Waals surface area (Å²) in [5, 5.41) is 0. The van der Waals surface area contributed by atoms with Crippen LogP contribution < -0.4 is 0 Å². The SMILES string of the molecule is CC(C)(C)[C]c1cccc(C(F)(F)F)c1. The average molecular weight is 214 g/mol. The zero-order valence-electron chi connectivity index (χ0n) is 8.94. The molecule has 0 unspecified atom stereocenters. The lowest BCUT2D eigenvalue weighted by molar-refractivity contribution is -0.137. The second-order valence-electron chi connectivity index (χ2n) is 4.45. The largest absolute Gasteiger partial charge is 0.416 e. The van der Waals surface area contributed by atoms with E-state index in [0.29, 0.717) is 5.56 Å². The predicted molar refractivity (Wildman–Crippen MR) is 53.2 cm³/mol. The maximum Gasteiger partial charge on any atom is 0.416 e. The molecule has 0 spiro atoms. The minimum absolute atomic E-state index is 0.246. The molecule has 2 radical (unpaired) electrons. The molecule has 0 atom stereocenters. The molecular formula is C12H13F3. The topological polar surface area (TPSA) is 0 Å². The van der Waals surface area contributed by atoms with Gasteiger partial charge in [0.15, 0.2) is 0 Å². The first-order valence-corrected chi connectivity index (χ1v) is 4.64. The number of halogens is 3. The fourth-order valence-corrected chi connectivity index (χ4v) is 1.21. The predicted octanol–water partition coefficient (Wildman–Crippen LogP) is 4.18. The lowest BCUT2D eigenvalue weighted by Gasteiger charge is -2.17. The van der Waals surface area contributed by atoms with Crippen molar-refractivity contribution in [3.8, 4) is 0 Å². The first-order valence-electron chi connectivity index (χ1n) is 4.64. The Labute approximate surface area is 88.1 Å². The number of benzene rings is 1. The Morgan fingerprint density at radius 3 is 2.13 bits per heavy atom. The Balaban J connectivity index is 2.94. The van der Waals surface area contributed by atoms with Crippen molar-refractivity contribution in [2.45, 2.75) is 26.9 Å². The number of hydrogen-bond acceptors (Lipinski definition) is 0. The molecule has 0 fully saturated rings. The van der Waals surface area contributed by atoms with Gasteiger partial charge in [-0.3, -0.25) is 0 Å². The quantitative estimate of drug-likeness (QED) is 0.657. The highest BCUT2D eigenvalue weighted by Gasteiger charge is 2.30. The van der Waals surface area contributed by atoms with Gasteiger partial charge in [0.05, 0.1) is 5.56 Å². The molecule has 1 aromatic rings. The monoisotopic (exact) mass is 214 g/mol. The van der Waals surface area contributed by atoms with Crippen LogP contribution in [-0.2, 0) is 6.18 Å². The van der Waals surface area contributed by atoms with Crippen LogP contribution in [0.2, 0.25) is 0 Å². The molecule has 0 nitrogen and oxygen atoms in total. The summed E-state index contributed by atoms with van der Waals surface area (Å²) in [5.74, 6) is 0. The van der Waals surface area contributed by atoms with Gasteiger partial charge in [0.1, 0.15) is 0 Å². The molecule has 0 aliphatic heterocycles. The second kappa shape index (κ2) is 3.87. The van der Waals surface area contributed by atoms with E-state index in [0.717, 1.165) is 12.1 Å². The van der Waals surface area contributed by atoms with E-state index in [4.69, 9.17) is 0 Å². The van der Waals surface area contributed by atoms with Crippen molar-refractivity contribution >= 4 is 0 Å². The third-order valence-electron chi connectivity index (χ3n) is 1.71. The molecule has 0 amide bonds. The Bertz CT molecular complexity index is 331. The van der Waals surface area contributed by atoms with Crippen molar-refractivity contribution in [2.75, 3.05) is 0 Å². The van der Waals surface area contributed by atoms with E-state index in [1.54, 1.807) is 6.07 Å². The van der Waals surface area contributed by atoms with Gasteiger partial charge in [-0.05, 0) is 17.0 Å². The van der Waals surface area contributed by atoms with E-state index in [1.807, 2.05) is 20.8 Å². The average Bonchev–Trinajstić information content (AvgIpc) is 1.99. The minimum Gasteiger partial charge on any atom is -0.166 e. The maximum absolute atomic E-state index is 12.4.